The summed E-state index contributed by atoms with van der Waals surface area (Å²) in [6, 6.07) is 0. The van der Waals surface area contributed by atoms with Crippen molar-refractivity contribution in [2.75, 3.05) is 0 Å². The van der Waals surface area contributed by atoms with Gasteiger partial charge in [-0.25, -0.2) is 0 Å². The standard InChI is InChI=1S/K.2Na.O3Si.H/c;;;1-4(2)3;/q3*+1;-2;-1. The summed E-state index contributed by atoms with van der Waals surface area (Å²) in [6.45, 7) is 0. The molecule has 0 amide bonds. The molecule has 0 aliphatic heterocycles. The van der Waals surface area contributed by atoms with Gasteiger partial charge in [0.15, 0.2) is 0 Å². The van der Waals surface area contributed by atoms with E-state index in [0.717, 1.165) is 0 Å². The molecule has 26 valence electrons. The molecule has 0 heterocycles. The summed E-state index contributed by atoms with van der Waals surface area (Å²) in [5, 5.41) is 0. The fraction of sp³-hybridized carbons (Fsp3) is 0. The van der Waals surface area contributed by atoms with Crippen LogP contribution in [0.5, 0.6) is 0 Å². The van der Waals surface area contributed by atoms with Gasteiger partial charge in [0.1, 0.15) is 0 Å². The molecule has 0 rings (SSSR count). The Morgan fingerprint density at radius 2 is 1.29 bits per heavy atom. The van der Waals surface area contributed by atoms with Crippen molar-refractivity contribution < 1.29 is 126 Å². The van der Waals surface area contributed by atoms with Crippen LogP contribution in [0.4, 0.5) is 0 Å². The Morgan fingerprint density at radius 1 is 1.29 bits per heavy atom. The van der Waals surface area contributed by atoms with Gasteiger partial charge in [-0.3, -0.25) is 0 Å². The van der Waals surface area contributed by atoms with E-state index < -0.39 is 9.17 Å². The summed E-state index contributed by atoms with van der Waals surface area (Å²) in [5.74, 6) is 0. The Labute approximate surface area is 132 Å². The minimum atomic E-state index is -3.63. The minimum absolute atomic E-state index is 0. The summed E-state index contributed by atoms with van der Waals surface area (Å²) in [7, 11) is -3.63. The van der Waals surface area contributed by atoms with Crippen molar-refractivity contribution in [3.05, 3.63) is 0 Å². The molecule has 0 bridgehead atoms. The second-order valence-corrected chi connectivity index (χ2v) is 0.750. The molecule has 3 nitrogen and oxygen atoms in total. The quantitative estimate of drug-likeness (QED) is 0.332. The first-order valence-electron chi connectivity index (χ1n) is 0.612. The van der Waals surface area contributed by atoms with Crippen LogP contribution < -0.4 is 120 Å². The molecule has 0 fully saturated rings. The maximum atomic E-state index is 8.52. The molecule has 0 unspecified atom stereocenters. The van der Waals surface area contributed by atoms with E-state index in [-0.39, 0.29) is 112 Å². The van der Waals surface area contributed by atoms with Crippen molar-refractivity contribution in [1.82, 2.24) is 0 Å². The molecule has 0 saturated carbocycles. The van der Waals surface area contributed by atoms with Gasteiger partial charge in [-0.1, -0.05) is 0 Å². The molecule has 0 aromatic heterocycles. The number of hydrogen-bond donors (Lipinski definition) is 0. The first-order chi connectivity index (χ1) is 1.73. The Kier molecular flexibility index (Phi) is 51.7. The number of hydrogen-bond acceptors (Lipinski definition) is 3. The van der Waals surface area contributed by atoms with Crippen LogP contribution >= 0.6 is 0 Å². The summed E-state index contributed by atoms with van der Waals surface area (Å²) in [5.41, 5.74) is 0. The van der Waals surface area contributed by atoms with Gasteiger partial charge in [0, 0.05) is 9.17 Å². The molecule has 0 aliphatic carbocycles. The maximum Gasteiger partial charge on any atom is 1.00 e. The normalized spacial score (nSPS) is 3.43. The van der Waals surface area contributed by atoms with Gasteiger partial charge in [-0.15, -0.1) is 0 Å². The first-order valence-corrected chi connectivity index (χ1v) is 1.84. The van der Waals surface area contributed by atoms with Crippen LogP contribution in [0.3, 0.4) is 0 Å². The zero-order valence-corrected chi connectivity index (χ0v) is 12.8. The van der Waals surface area contributed by atoms with Crippen LogP contribution in [0, 0.1) is 0 Å². The van der Waals surface area contributed by atoms with E-state index in [1.54, 1.807) is 0 Å². The van der Waals surface area contributed by atoms with Crippen molar-refractivity contribution in [3.63, 3.8) is 0 Å². The van der Waals surface area contributed by atoms with E-state index in [0.29, 0.717) is 0 Å². The average molecular weight is 162 g/mol. The van der Waals surface area contributed by atoms with E-state index in [9.17, 15) is 0 Å². The monoisotopic (exact) mass is 162 g/mol. The molecular weight excluding hydrogens is 161 g/mol. The smallest absolute Gasteiger partial charge is 1.00 e. The maximum absolute atomic E-state index is 8.52. The van der Waals surface area contributed by atoms with Gasteiger partial charge in [0.05, 0.1) is 0 Å². The molecule has 0 N–H and O–H groups in total. The van der Waals surface area contributed by atoms with Crippen LogP contribution in [0.2, 0.25) is 0 Å². The second-order valence-electron chi connectivity index (χ2n) is 0.250. The van der Waals surface area contributed by atoms with Crippen molar-refractivity contribution in [3.8, 4) is 0 Å². The predicted molar refractivity (Wildman–Crippen MR) is 7.55 cm³/mol. The van der Waals surface area contributed by atoms with E-state index in [1.807, 2.05) is 0 Å². The topological polar surface area (TPSA) is 63.2 Å². The third-order valence-corrected chi connectivity index (χ3v) is 0. The van der Waals surface area contributed by atoms with Crippen molar-refractivity contribution >= 4 is 9.17 Å². The molecule has 0 aliphatic rings. The molecule has 0 aromatic rings. The Balaban J connectivity index is -0.00000000750. The molecule has 0 aromatic carbocycles. The van der Waals surface area contributed by atoms with Gasteiger partial charge in [0.25, 0.3) is 0 Å². The molecule has 0 saturated heterocycles. The molecule has 0 radical (unpaired) electrons. The summed E-state index contributed by atoms with van der Waals surface area (Å²) >= 11 is 0. The van der Waals surface area contributed by atoms with Crippen LogP contribution in [-0.2, 0) is 4.46 Å². The largest absolute Gasteiger partial charge is 1.00 e. The SMILES string of the molecule is O=[Si]([O-])[O-].[H-].[K+].[Na+].[Na+]. The molecule has 0 spiro atoms. The van der Waals surface area contributed by atoms with Crippen molar-refractivity contribution in [2.45, 2.75) is 0 Å². The Hall–Kier alpha value is 3.25. The van der Waals surface area contributed by atoms with Gasteiger partial charge in [0.2, 0.25) is 0 Å². The third kappa shape index (κ3) is 46.0. The van der Waals surface area contributed by atoms with Crippen LogP contribution in [0.25, 0.3) is 0 Å². The molecule has 0 atom stereocenters. The van der Waals surface area contributed by atoms with Gasteiger partial charge >= 0.3 is 110 Å². The van der Waals surface area contributed by atoms with Gasteiger partial charge < -0.3 is 15.5 Å². The fourth-order valence-corrected chi connectivity index (χ4v) is 0. The molecular formula is HKNa2O3Si. The van der Waals surface area contributed by atoms with E-state index >= 15 is 0 Å². The first kappa shape index (κ1) is 22.5. The zero-order chi connectivity index (χ0) is 3.58. The minimum Gasteiger partial charge on any atom is -1.00 e. The average Bonchev–Trinajstić information content (AvgIpc) is 0.811. The summed E-state index contributed by atoms with van der Waals surface area (Å²) < 4.78 is 8.52. The van der Waals surface area contributed by atoms with Crippen LogP contribution in [0.15, 0.2) is 0 Å². The summed E-state index contributed by atoms with van der Waals surface area (Å²) in [6.07, 6.45) is 0. The number of rotatable bonds is 0. The van der Waals surface area contributed by atoms with Gasteiger partial charge in [-0.05, 0) is 0 Å². The zero-order valence-electron chi connectivity index (χ0n) is 5.72. The van der Waals surface area contributed by atoms with E-state index in [1.165, 1.54) is 0 Å². The van der Waals surface area contributed by atoms with Crippen LogP contribution in [0.1, 0.15) is 1.43 Å². The van der Waals surface area contributed by atoms with Gasteiger partial charge in [-0.2, -0.15) is 0 Å². The third-order valence-electron chi connectivity index (χ3n) is 0. The predicted octanol–water partition coefficient (Wildman–Crippen LogP) is -11.8. The molecule has 7 heteroatoms. The van der Waals surface area contributed by atoms with E-state index in [2.05, 4.69) is 0 Å². The van der Waals surface area contributed by atoms with Crippen LogP contribution in [-0.4, -0.2) is 9.17 Å². The van der Waals surface area contributed by atoms with E-state index in [4.69, 9.17) is 14.1 Å². The Bertz CT molecular complexity index is 40.3. The summed E-state index contributed by atoms with van der Waals surface area (Å²) in [4.78, 5) is 17.0. The molecule has 7 heavy (non-hydrogen) atoms. The van der Waals surface area contributed by atoms with Crippen molar-refractivity contribution in [2.24, 2.45) is 0 Å². The Morgan fingerprint density at radius 3 is 1.29 bits per heavy atom. The second kappa shape index (κ2) is 16.1. The van der Waals surface area contributed by atoms with Crippen molar-refractivity contribution in [1.29, 1.82) is 0 Å². The fourth-order valence-electron chi connectivity index (χ4n) is 0.